The largest absolute Gasteiger partial charge is 0.324 e. The van der Waals surface area contributed by atoms with Crippen molar-refractivity contribution in [1.82, 2.24) is 25.1 Å². The van der Waals surface area contributed by atoms with Crippen molar-refractivity contribution in [2.75, 3.05) is 5.32 Å². The molecule has 0 aliphatic carbocycles. The Balaban J connectivity index is 1.71. The summed E-state index contributed by atoms with van der Waals surface area (Å²) < 4.78 is 13.0. The number of amides is 1. The Morgan fingerprint density at radius 3 is 2.78 bits per heavy atom. The monoisotopic (exact) mass is 385 g/mol. The molecule has 0 fully saturated rings. The number of pyridine rings is 1. The number of nitrogens with zero attached hydrogens (tertiary/aromatic N) is 5. The number of hydrogen-bond donors (Lipinski definition) is 2. The molecule has 0 atom stereocenters. The van der Waals surface area contributed by atoms with Gasteiger partial charge in [-0.15, -0.1) is 0 Å². The second kappa shape index (κ2) is 6.49. The van der Waals surface area contributed by atoms with Gasteiger partial charge in [0.2, 0.25) is 5.95 Å². The third-order valence-corrected chi connectivity index (χ3v) is 4.56. The maximum Gasteiger partial charge on any atom is 0.324 e. The lowest BCUT2D eigenvalue weighted by atomic mass is 10.2. The highest BCUT2D eigenvalue weighted by Crippen LogP contribution is 2.27. The topological polar surface area (TPSA) is 140 Å². The zero-order valence-corrected chi connectivity index (χ0v) is 14.0. The molecule has 10 nitrogen and oxygen atoms in total. The minimum absolute atomic E-state index is 0.144. The normalized spacial score (nSPS) is 10.9. The molecule has 1 amide bonds. The van der Waals surface area contributed by atoms with E-state index in [1.807, 2.05) is 0 Å². The van der Waals surface area contributed by atoms with E-state index in [0.717, 1.165) is 11.3 Å². The minimum atomic E-state index is -0.644. The number of halogens is 1. The highest BCUT2D eigenvalue weighted by atomic mass is 32.1. The number of thiophene rings is 1. The summed E-state index contributed by atoms with van der Waals surface area (Å²) in [7, 11) is 0. The Kier molecular flexibility index (Phi) is 4.01. The molecule has 2 N–H and O–H groups in total. The lowest BCUT2D eigenvalue weighted by Crippen LogP contribution is -2.12. The summed E-state index contributed by atoms with van der Waals surface area (Å²) in [4.78, 5) is 34.9. The van der Waals surface area contributed by atoms with Gasteiger partial charge < -0.3 is 5.32 Å². The first kappa shape index (κ1) is 16.7. The maximum absolute atomic E-state index is 13.0. The first-order valence-corrected chi connectivity index (χ1v) is 8.21. The maximum atomic E-state index is 13.0. The Labute approximate surface area is 153 Å². The molecule has 0 unspecified atom stereocenters. The summed E-state index contributed by atoms with van der Waals surface area (Å²) in [5, 5.41) is 20.2. The zero-order valence-electron chi connectivity index (χ0n) is 13.2. The van der Waals surface area contributed by atoms with Crippen molar-refractivity contribution in [2.45, 2.75) is 0 Å². The number of carbonyl (C=O) groups excluding carboxylic acids is 1. The smallest absolute Gasteiger partial charge is 0.305 e. The van der Waals surface area contributed by atoms with Crippen LogP contribution in [0.15, 0.2) is 36.7 Å². The van der Waals surface area contributed by atoms with Gasteiger partial charge in [0, 0.05) is 17.8 Å². The Morgan fingerprint density at radius 1 is 1.22 bits per heavy atom. The number of nitrogens with one attached hydrogen (secondary N) is 2. The molecule has 0 radical (unpaired) electrons. The summed E-state index contributed by atoms with van der Waals surface area (Å²) in [6.45, 7) is 0. The minimum Gasteiger partial charge on any atom is -0.305 e. The molecule has 0 bridgehead atoms. The van der Waals surface area contributed by atoms with E-state index in [4.69, 9.17) is 0 Å². The first-order valence-electron chi connectivity index (χ1n) is 7.40. The summed E-state index contributed by atoms with van der Waals surface area (Å²) >= 11 is 0.748. The zero-order chi connectivity index (χ0) is 19.0. The van der Waals surface area contributed by atoms with Crippen molar-refractivity contribution < 1.29 is 14.1 Å². The summed E-state index contributed by atoms with van der Waals surface area (Å²) in [6.07, 6.45) is 2.70. The first-order chi connectivity index (χ1) is 13.0. The molecular formula is C15H8FN7O3S. The molecule has 134 valence electrons. The van der Waals surface area contributed by atoms with Crippen molar-refractivity contribution in [1.29, 1.82) is 0 Å². The molecular weight excluding hydrogens is 377 g/mol. The molecule has 12 heteroatoms. The van der Waals surface area contributed by atoms with Gasteiger partial charge in [-0.3, -0.25) is 20.0 Å². The number of rotatable bonds is 4. The van der Waals surface area contributed by atoms with Gasteiger partial charge in [0.25, 0.3) is 5.91 Å². The van der Waals surface area contributed by atoms with Crippen molar-refractivity contribution in [3.63, 3.8) is 0 Å². The highest BCUT2D eigenvalue weighted by molar-refractivity contribution is 7.17. The van der Waals surface area contributed by atoms with Crippen LogP contribution in [0.4, 0.5) is 15.2 Å². The van der Waals surface area contributed by atoms with Crippen LogP contribution in [0, 0.1) is 16.1 Å². The van der Waals surface area contributed by atoms with Crippen molar-refractivity contribution in [3.8, 4) is 11.4 Å². The molecule has 4 rings (SSSR count). The van der Waals surface area contributed by atoms with E-state index < -0.39 is 16.8 Å². The summed E-state index contributed by atoms with van der Waals surface area (Å²) in [5.74, 6) is -0.840. The van der Waals surface area contributed by atoms with Crippen LogP contribution in [-0.2, 0) is 0 Å². The van der Waals surface area contributed by atoms with Gasteiger partial charge in [0.1, 0.15) is 5.82 Å². The van der Waals surface area contributed by atoms with Crippen LogP contribution in [0.3, 0.4) is 0 Å². The van der Waals surface area contributed by atoms with E-state index in [-0.39, 0.29) is 21.5 Å². The van der Waals surface area contributed by atoms with Gasteiger partial charge in [-0.25, -0.2) is 15.0 Å². The fraction of sp³-hybridized carbons (Fsp3) is 0. The summed E-state index contributed by atoms with van der Waals surface area (Å²) in [6, 6.07) is 5.23. The average molecular weight is 385 g/mol. The predicted molar refractivity (Wildman–Crippen MR) is 93.8 cm³/mol. The molecule has 4 aromatic heterocycles. The molecule has 0 saturated heterocycles. The van der Waals surface area contributed by atoms with E-state index in [9.17, 15) is 19.3 Å². The number of H-pyrrole nitrogens is 1. The number of nitro groups is 1. The van der Waals surface area contributed by atoms with Gasteiger partial charge in [0.05, 0.1) is 21.4 Å². The lowest BCUT2D eigenvalue weighted by Gasteiger charge is -2.06. The predicted octanol–water partition coefficient (Wildman–Crippen LogP) is 2.78. The van der Waals surface area contributed by atoms with Crippen LogP contribution in [0.2, 0.25) is 0 Å². The van der Waals surface area contributed by atoms with Crippen LogP contribution < -0.4 is 5.32 Å². The van der Waals surface area contributed by atoms with Gasteiger partial charge in [-0.05, 0) is 18.2 Å². The standard InChI is InChI=1S/C15H8FN7O3S/c16-10-3-1-7(5-17-10)12-19-13(8-6-18-22-14(8)20-12)21-15(24)9-2-4-11(27-9)23(25)26/h1-6H,(H2,18,19,20,21,22,24). The number of aromatic amines is 1. The second-order valence-corrected chi connectivity index (χ2v) is 6.31. The Morgan fingerprint density at radius 2 is 2.07 bits per heavy atom. The van der Waals surface area contributed by atoms with Crippen LogP contribution in [0.25, 0.3) is 22.4 Å². The third kappa shape index (κ3) is 3.20. The van der Waals surface area contributed by atoms with Crippen molar-refractivity contribution >= 4 is 39.1 Å². The van der Waals surface area contributed by atoms with E-state index >= 15 is 0 Å². The molecule has 4 heterocycles. The molecule has 0 aromatic carbocycles. The van der Waals surface area contributed by atoms with Gasteiger partial charge >= 0.3 is 5.00 Å². The van der Waals surface area contributed by atoms with Gasteiger partial charge in [0.15, 0.2) is 11.5 Å². The van der Waals surface area contributed by atoms with Crippen LogP contribution in [-0.4, -0.2) is 36.0 Å². The van der Waals surface area contributed by atoms with Crippen LogP contribution >= 0.6 is 11.3 Å². The molecule has 27 heavy (non-hydrogen) atoms. The number of fused-ring (bicyclic) bond motifs is 1. The van der Waals surface area contributed by atoms with Gasteiger partial charge in [-0.1, -0.05) is 11.3 Å². The van der Waals surface area contributed by atoms with Crippen molar-refractivity contribution in [2.24, 2.45) is 0 Å². The van der Waals surface area contributed by atoms with E-state index in [2.05, 4.69) is 30.5 Å². The van der Waals surface area contributed by atoms with E-state index in [1.165, 1.54) is 36.7 Å². The molecule has 0 aliphatic rings. The number of aromatic nitrogens is 5. The highest BCUT2D eigenvalue weighted by Gasteiger charge is 2.18. The quantitative estimate of drug-likeness (QED) is 0.313. The Bertz CT molecular complexity index is 1170. The number of hydrogen-bond acceptors (Lipinski definition) is 8. The SMILES string of the molecule is O=C(Nc1nc(-c2ccc(F)nc2)nc2[nH]ncc12)c1ccc([N+](=O)[O-])s1. The third-order valence-electron chi connectivity index (χ3n) is 3.52. The summed E-state index contributed by atoms with van der Waals surface area (Å²) in [5.41, 5.74) is 0.798. The fourth-order valence-electron chi connectivity index (χ4n) is 2.28. The van der Waals surface area contributed by atoms with E-state index in [1.54, 1.807) is 0 Å². The van der Waals surface area contributed by atoms with Crippen LogP contribution in [0.5, 0.6) is 0 Å². The van der Waals surface area contributed by atoms with Crippen molar-refractivity contribution in [3.05, 3.63) is 57.6 Å². The second-order valence-electron chi connectivity index (χ2n) is 5.25. The fourth-order valence-corrected chi connectivity index (χ4v) is 3.00. The van der Waals surface area contributed by atoms with Crippen LogP contribution in [0.1, 0.15) is 9.67 Å². The molecule has 0 spiro atoms. The Hall–Kier alpha value is -3.80. The molecule has 0 saturated carbocycles. The number of anilines is 1. The lowest BCUT2D eigenvalue weighted by molar-refractivity contribution is -0.380. The van der Waals surface area contributed by atoms with E-state index in [0.29, 0.717) is 16.6 Å². The average Bonchev–Trinajstić information content (AvgIpc) is 3.32. The molecule has 0 aliphatic heterocycles. The molecule has 4 aromatic rings. The van der Waals surface area contributed by atoms with Gasteiger partial charge in [-0.2, -0.15) is 9.49 Å². The number of carbonyl (C=O) groups is 1.